The van der Waals surface area contributed by atoms with E-state index in [9.17, 15) is 4.79 Å². The van der Waals surface area contributed by atoms with E-state index in [0.29, 0.717) is 25.9 Å². The maximum absolute atomic E-state index is 12.0. The number of benzene rings is 1. The highest BCUT2D eigenvalue weighted by Crippen LogP contribution is 2.26. The molecule has 1 amide bonds. The Morgan fingerprint density at radius 1 is 1.22 bits per heavy atom. The van der Waals surface area contributed by atoms with Gasteiger partial charge in [0.2, 0.25) is 0 Å². The number of aromatic nitrogens is 1. The van der Waals surface area contributed by atoms with E-state index in [1.165, 1.54) is 0 Å². The number of carbonyl (C=O) groups is 1. The minimum absolute atomic E-state index is 0.276. The average Bonchev–Trinajstić information content (AvgIpc) is 2.34. The van der Waals surface area contributed by atoms with Crippen LogP contribution in [0.2, 0.25) is 10.0 Å². The highest BCUT2D eigenvalue weighted by molar-refractivity contribution is 9.10. The maximum Gasteiger partial charge on any atom is 0.255 e. The molecule has 6 heteroatoms. The van der Waals surface area contributed by atoms with Gasteiger partial charge in [0.1, 0.15) is 4.60 Å². The van der Waals surface area contributed by atoms with E-state index in [1.54, 1.807) is 36.5 Å². The lowest BCUT2D eigenvalue weighted by molar-refractivity contribution is 0.102. The third-order valence-corrected chi connectivity index (χ3v) is 3.16. The summed E-state index contributed by atoms with van der Waals surface area (Å²) in [7, 11) is 0. The van der Waals surface area contributed by atoms with Crippen molar-refractivity contribution < 1.29 is 4.79 Å². The molecule has 2 aromatic rings. The van der Waals surface area contributed by atoms with Crippen LogP contribution in [0.25, 0.3) is 0 Å². The fraction of sp³-hybridized carbons (Fsp3) is 0. The smallest absolute Gasteiger partial charge is 0.255 e. The van der Waals surface area contributed by atoms with Gasteiger partial charge in [-0.25, -0.2) is 4.98 Å². The summed E-state index contributed by atoms with van der Waals surface area (Å²) in [5.74, 6) is -0.276. The Labute approximate surface area is 122 Å². The molecular weight excluding hydrogens is 339 g/mol. The Hall–Kier alpha value is -1.10. The summed E-state index contributed by atoms with van der Waals surface area (Å²) in [5.41, 5.74) is 0.954. The van der Waals surface area contributed by atoms with Crippen LogP contribution in [0, 0.1) is 0 Å². The number of nitrogens with one attached hydrogen (secondary N) is 1. The fourth-order valence-corrected chi connectivity index (χ4v) is 2.03. The number of nitrogens with zero attached hydrogens (tertiary/aromatic N) is 1. The third-order valence-electron chi connectivity index (χ3n) is 2.17. The molecule has 0 saturated carbocycles. The first-order valence-corrected chi connectivity index (χ1v) is 6.49. The normalized spacial score (nSPS) is 10.2. The molecule has 1 aromatic heterocycles. The molecule has 92 valence electrons. The van der Waals surface area contributed by atoms with Gasteiger partial charge in [0.25, 0.3) is 5.91 Å². The van der Waals surface area contributed by atoms with Crippen molar-refractivity contribution >= 4 is 50.7 Å². The van der Waals surface area contributed by atoms with Crippen LogP contribution in [0.15, 0.2) is 41.1 Å². The highest BCUT2D eigenvalue weighted by atomic mass is 79.9. The third kappa shape index (κ3) is 3.22. The second kappa shape index (κ2) is 5.69. The van der Waals surface area contributed by atoms with Crippen LogP contribution in [0.5, 0.6) is 0 Å². The monoisotopic (exact) mass is 344 g/mol. The molecule has 0 bridgehead atoms. The van der Waals surface area contributed by atoms with Crippen LogP contribution in [-0.4, -0.2) is 10.9 Å². The molecule has 1 aromatic carbocycles. The zero-order valence-electron chi connectivity index (χ0n) is 8.95. The van der Waals surface area contributed by atoms with Crippen LogP contribution in [0.4, 0.5) is 5.69 Å². The maximum atomic E-state index is 12.0. The van der Waals surface area contributed by atoms with Crippen molar-refractivity contribution in [3.05, 3.63) is 56.7 Å². The van der Waals surface area contributed by atoms with E-state index >= 15 is 0 Å². The highest BCUT2D eigenvalue weighted by Gasteiger charge is 2.09. The molecule has 0 radical (unpaired) electrons. The van der Waals surface area contributed by atoms with Gasteiger partial charge in [-0.15, -0.1) is 0 Å². The van der Waals surface area contributed by atoms with Crippen molar-refractivity contribution in [2.45, 2.75) is 0 Å². The lowest BCUT2D eigenvalue weighted by atomic mass is 10.2. The first-order chi connectivity index (χ1) is 8.56. The van der Waals surface area contributed by atoms with E-state index in [2.05, 4.69) is 26.2 Å². The van der Waals surface area contributed by atoms with E-state index in [0.717, 1.165) is 0 Å². The molecule has 1 heterocycles. The number of anilines is 1. The standard InChI is InChI=1S/C12H7BrCl2N2O/c13-11-5-7(3-4-16-11)12(18)17-10-6-8(14)1-2-9(10)15/h1-6H,(H,17,18). The van der Waals surface area contributed by atoms with Crippen molar-refractivity contribution in [2.24, 2.45) is 0 Å². The number of pyridine rings is 1. The number of hydrogen-bond donors (Lipinski definition) is 1. The van der Waals surface area contributed by atoms with Crippen LogP contribution < -0.4 is 5.32 Å². The molecule has 0 aliphatic heterocycles. The molecular formula is C12H7BrCl2N2O. The van der Waals surface area contributed by atoms with Crippen molar-refractivity contribution in [1.82, 2.24) is 4.98 Å². The predicted octanol–water partition coefficient (Wildman–Crippen LogP) is 4.40. The largest absolute Gasteiger partial charge is 0.321 e. The molecule has 0 aliphatic rings. The van der Waals surface area contributed by atoms with E-state index in [1.807, 2.05) is 0 Å². The summed E-state index contributed by atoms with van der Waals surface area (Å²) >= 11 is 15.0. The molecule has 2 rings (SSSR count). The van der Waals surface area contributed by atoms with Crippen molar-refractivity contribution in [3.8, 4) is 0 Å². The van der Waals surface area contributed by atoms with Crippen molar-refractivity contribution in [2.75, 3.05) is 5.32 Å². The number of carbonyl (C=O) groups excluding carboxylic acids is 1. The Morgan fingerprint density at radius 2 is 2.00 bits per heavy atom. The average molecular weight is 346 g/mol. The minimum atomic E-state index is -0.276. The van der Waals surface area contributed by atoms with E-state index in [-0.39, 0.29) is 5.91 Å². The van der Waals surface area contributed by atoms with Gasteiger partial charge in [-0.2, -0.15) is 0 Å². The van der Waals surface area contributed by atoms with Crippen LogP contribution in [0.1, 0.15) is 10.4 Å². The zero-order valence-corrected chi connectivity index (χ0v) is 12.1. The Kier molecular flexibility index (Phi) is 4.22. The Balaban J connectivity index is 2.24. The molecule has 0 unspecified atom stereocenters. The molecule has 0 saturated heterocycles. The predicted molar refractivity (Wildman–Crippen MR) is 76.4 cm³/mol. The van der Waals surface area contributed by atoms with Gasteiger partial charge >= 0.3 is 0 Å². The lowest BCUT2D eigenvalue weighted by Gasteiger charge is -2.07. The van der Waals surface area contributed by atoms with Gasteiger partial charge in [0.15, 0.2) is 0 Å². The van der Waals surface area contributed by atoms with Gasteiger partial charge in [-0.05, 0) is 46.3 Å². The summed E-state index contributed by atoms with van der Waals surface area (Å²) in [4.78, 5) is 15.9. The molecule has 18 heavy (non-hydrogen) atoms. The minimum Gasteiger partial charge on any atom is -0.321 e. The number of halogens is 3. The molecule has 0 aliphatic carbocycles. The second-order valence-corrected chi connectivity index (χ2v) is 5.10. The van der Waals surface area contributed by atoms with Gasteiger partial charge in [0, 0.05) is 16.8 Å². The van der Waals surface area contributed by atoms with Crippen molar-refractivity contribution in [3.63, 3.8) is 0 Å². The fourth-order valence-electron chi connectivity index (χ4n) is 1.33. The van der Waals surface area contributed by atoms with Crippen LogP contribution in [0.3, 0.4) is 0 Å². The topological polar surface area (TPSA) is 42.0 Å². The summed E-state index contributed by atoms with van der Waals surface area (Å²) in [6, 6.07) is 8.11. The van der Waals surface area contributed by atoms with Crippen LogP contribution in [-0.2, 0) is 0 Å². The Morgan fingerprint density at radius 3 is 2.72 bits per heavy atom. The van der Waals surface area contributed by atoms with Gasteiger partial charge < -0.3 is 5.32 Å². The lowest BCUT2D eigenvalue weighted by Crippen LogP contribution is -2.12. The summed E-state index contributed by atoms with van der Waals surface area (Å²) in [6.07, 6.45) is 1.54. The van der Waals surface area contributed by atoms with Gasteiger partial charge in [0.05, 0.1) is 10.7 Å². The molecule has 1 N–H and O–H groups in total. The first-order valence-electron chi connectivity index (χ1n) is 4.94. The summed E-state index contributed by atoms with van der Waals surface area (Å²) in [5, 5.41) is 3.63. The number of amides is 1. The van der Waals surface area contributed by atoms with E-state index < -0.39 is 0 Å². The quantitative estimate of drug-likeness (QED) is 0.819. The molecule has 0 atom stereocenters. The number of hydrogen-bond acceptors (Lipinski definition) is 2. The van der Waals surface area contributed by atoms with Gasteiger partial charge in [-0.1, -0.05) is 23.2 Å². The first kappa shape index (κ1) is 13.3. The number of rotatable bonds is 2. The van der Waals surface area contributed by atoms with Crippen molar-refractivity contribution in [1.29, 1.82) is 0 Å². The molecule has 0 fully saturated rings. The Bertz CT molecular complexity index is 604. The summed E-state index contributed by atoms with van der Waals surface area (Å²) < 4.78 is 0.590. The van der Waals surface area contributed by atoms with Crippen LogP contribution >= 0.6 is 39.1 Å². The molecule has 0 spiro atoms. The summed E-state index contributed by atoms with van der Waals surface area (Å²) in [6.45, 7) is 0. The second-order valence-electron chi connectivity index (χ2n) is 3.45. The molecule has 3 nitrogen and oxygen atoms in total. The van der Waals surface area contributed by atoms with E-state index in [4.69, 9.17) is 23.2 Å². The van der Waals surface area contributed by atoms with Gasteiger partial charge in [-0.3, -0.25) is 4.79 Å². The SMILES string of the molecule is O=C(Nc1cc(Cl)ccc1Cl)c1ccnc(Br)c1. The zero-order chi connectivity index (χ0) is 13.1.